The molecule has 1 aliphatic rings. The van der Waals surface area contributed by atoms with Crippen LogP contribution in [-0.2, 0) is 23.5 Å². The molecular formula is C25H40N2O5SSi. The highest BCUT2D eigenvalue weighted by Crippen LogP contribution is 2.45. The molecule has 0 bridgehead atoms. The van der Waals surface area contributed by atoms with Crippen molar-refractivity contribution < 1.29 is 23.5 Å². The Balaban J connectivity index is 2.32. The van der Waals surface area contributed by atoms with Crippen molar-refractivity contribution in [1.82, 2.24) is 9.88 Å². The van der Waals surface area contributed by atoms with Gasteiger partial charge in [0.05, 0.1) is 12.0 Å². The maximum atomic E-state index is 13.4. The Morgan fingerprint density at radius 1 is 1.18 bits per heavy atom. The number of rotatable bonds is 9. The van der Waals surface area contributed by atoms with Gasteiger partial charge in [-0.1, -0.05) is 33.8 Å². The molecule has 1 amide bonds. The molecule has 1 saturated heterocycles. The van der Waals surface area contributed by atoms with E-state index in [1.807, 2.05) is 13.0 Å². The number of aromatic nitrogens is 1. The standard InChI is InChI=1S/C25H40N2O5SSi/c1-16(23(30)33-18-12-10-11-13-26-18)21-20(17(24(2,3)4)15-31-34(8)9)22(29)27(21)14-19(28)32-25(5,6)7/h10-13,16-17,20-21,34H,14-15H2,1-9H3/t16-,17-,20+,21-/m1/s1. The number of hydrogen-bond donors (Lipinski definition) is 0. The summed E-state index contributed by atoms with van der Waals surface area (Å²) in [6, 6.07) is 5.01. The van der Waals surface area contributed by atoms with Crippen molar-refractivity contribution in [3.05, 3.63) is 24.4 Å². The summed E-state index contributed by atoms with van der Waals surface area (Å²) in [4.78, 5) is 45.0. The molecule has 2 rings (SSSR count). The first-order valence-corrected chi connectivity index (χ1v) is 15.5. The van der Waals surface area contributed by atoms with Crippen LogP contribution >= 0.6 is 11.8 Å². The smallest absolute Gasteiger partial charge is 0.326 e. The van der Waals surface area contributed by atoms with Gasteiger partial charge in [0.15, 0.2) is 14.2 Å². The van der Waals surface area contributed by atoms with E-state index in [4.69, 9.17) is 9.16 Å². The van der Waals surface area contributed by atoms with Gasteiger partial charge in [0.1, 0.15) is 17.2 Å². The van der Waals surface area contributed by atoms with Gasteiger partial charge in [-0.3, -0.25) is 14.4 Å². The Labute approximate surface area is 210 Å². The number of amides is 1. The molecule has 0 N–H and O–H groups in total. The van der Waals surface area contributed by atoms with Gasteiger partial charge in [-0.2, -0.15) is 0 Å². The van der Waals surface area contributed by atoms with Crippen LogP contribution in [0.25, 0.3) is 0 Å². The minimum Gasteiger partial charge on any atom is -0.459 e. The van der Waals surface area contributed by atoms with Gasteiger partial charge >= 0.3 is 5.97 Å². The molecule has 1 aromatic rings. The molecule has 1 fully saturated rings. The molecule has 0 unspecified atom stereocenters. The van der Waals surface area contributed by atoms with E-state index in [-0.39, 0.29) is 28.9 Å². The second-order valence-electron chi connectivity index (χ2n) is 11.3. The van der Waals surface area contributed by atoms with Crippen molar-refractivity contribution in [3.8, 4) is 0 Å². The summed E-state index contributed by atoms with van der Waals surface area (Å²) in [6.07, 6.45) is 1.65. The van der Waals surface area contributed by atoms with Gasteiger partial charge in [-0.15, -0.1) is 0 Å². The fourth-order valence-corrected chi connectivity index (χ4v) is 5.60. The van der Waals surface area contributed by atoms with E-state index < -0.39 is 38.5 Å². The Kier molecular flexibility index (Phi) is 9.52. The van der Waals surface area contributed by atoms with Crippen molar-refractivity contribution in [2.75, 3.05) is 13.2 Å². The second kappa shape index (κ2) is 11.3. The SMILES string of the molecule is C[C@@H](C(=O)Sc1ccccn1)[C@@H]1[C@H]([C@@H](CO[SiH](C)C)C(C)(C)C)C(=O)N1CC(=O)OC(C)(C)C. The summed E-state index contributed by atoms with van der Waals surface area (Å²) in [5.41, 5.74) is -0.864. The summed E-state index contributed by atoms with van der Waals surface area (Å²) in [6.45, 7) is 18.0. The van der Waals surface area contributed by atoms with E-state index in [2.05, 4.69) is 38.8 Å². The summed E-state index contributed by atoms with van der Waals surface area (Å²) in [5, 5.41) is 0.531. The summed E-state index contributed by atoms with van der Waals surface area (Å²) in [5.74, 6) is -1.56. The van der Waals surface area contributed by atoms with E-state index in [0.29, 0.717) is 11.6 Å². The maximum absolute atomic E-state index is 13.4. The number of pyridine rings is 1. The number of β-lactam (4-membered cyclic amide) rings is 1. The highest BCUT2D eigenvalue weighted by Gasteiger charge is 2.57. The Morgan fingerprint density at radius 3 is 2.32 bits per heavy atom. The minimum absolute atomic E-state index is 0.0788. The third-order valence-electron chi connectivity index (χ3n) is 5.90. The van der Waals surface area contributed by atoms with Crippen LogP contribution in [0.1, 0.15) is 48.5 Å². The predicted molar refractivity (Wildman–Crippen MR) is 137 cm³/mol. The number of ether oxygens (including phenoxy) is 1. The summed E-state index contributed by atoms with van der Waals surface area (Å²) < 4.78 is 11.5. The number of nitrogens with zero attached hydrogens (tertiary/aromatic N) is 2. The number of hydrogen-bond acceptors (Lipinski definition) is 7. The first-order chi connectivity index (χ1) is 15.6. The van der Waals surface area contributed by atoms with Crippen LogP contribution in [0.3, 0.4) is 0 Å². The van der Waals surface area contributed by atoms with Gasteiger partial charge in [-0.05, 0) is 69.1 Å². The second-order valence-corrected chi connectivity index (χ2v) is 14.8. The van der Waals surface area contributed by atoms with E-state index in [9.17, 15) is 14.4 Å². The molecule has 190 valence electrons. The predicted octanol–water partition coefficient (Wildman–Crippen LogP) is 4.17. The molecule has 9 heteroatoms. The lowest BCUT2D eigenvalue weighted by atomic mass is 9.64. The molecule has 7 nitrogen and oxygen atoms in total. The number of likely N-dealkylation sites (tertiary alicyclic amines) is 1. The molecule has 1 aliphatic heterocycles. The lowest BCUT2D eigenvalue weighted by molar-refractivity contribution is -0.179. The van der Waals surface area contributed by atoms with Crippen molar-refractivity contribution in [3.63, 3.8) is 0 Å². The highest BCUT2D eigenvalue weighted by molar-refractivity contribution is 8.13. The zero-order chi connectivity index (χ0) is 25.8. The monoisotopic (exact) mass is 508 g/mol. The summed E-state index contributed by atoms with van der Waals surface area (Å²) >= 11 is 1.07. The maximum Gasteiger partial charge on any atom is 0.326 e. The minimum atomic E-state index is -1.30. The molecule has 0 aromatic carbocycles. The van der Waals surface area contributed by atoms with Crippen LogP contribution in [0.5, 0.6) is 0 Å². The van der Waals surface area contributed by atoms with Crippen LogP contribution in [-0.4, -0.2) is 60.7 Å². The molecule has 2 heterocycles. The van der Waals surface area contributed by atoms with Crippen LogP contribution in [0.4, 0.5) is 0 Å². The average molecular weight is 509 g/mol. The fourth-order valence-electron chi connectivity index (χ4n) is 4.21. The van der Waals surface area contributed by atoms with Crippen molar-refractivity contribution in [2.45, 2.75) is 78.2 Å². The third-order valence-corrected chi connectivity index (χ3v) is 7.78. The van der Waals surface area contributed by atoms with E-state index >= 15 is 0 Å². The average Bonchev–Trinajstić information content (AvgIpc) is 2.69. The zero-order valence-corrected chi connectivity index (χ0v) is 23.9. The largest absolute Gasteiger partial charge is 0.459 e. The molecule has 0 aliphatic carbocycles. The van der Waals surface area contributed by atoms with E-state index in [0.717, 1.165) is 11.8 Å². The number of esters is 1. The van der Waals surface area contributed by atoms with Gasteiger partial charge in [0, 0.05) is 18.7 Å². The Morgan fingerprint density at radius 2 is 1.82 bits per heavy atom. The number of carbonyl (C=O) groups excluding carboxylic acids is 3. The topological polar surface area (TPSA) is 85.8 Å². The fraction of sp³-hybridized carbons (Fsp3) is 0.680. The van der Waals surface area contributed by atoms with Crippen LogP contribution in [0, 0.1) is 23.2 Å². The molecule has 4 atom stereocenters. The molecule has 1 aromatic heterocycles. The zero-order valence-electron chi connectivity index (χ0n) is 22.0. The first-order valence-electron chi connectivity index (χ1n) is 11.9. The van der Waals surface area contributed by atoms with Crippen molar-refractivity contribution in [1.29, 1.82) is 0 Å². The highest BCUT2D eigenvalue weighted by atomic mass is 32.2. The normalized spacial score (nSPS) is 20.6. The van der Waals surface area contributed by atoms with Crippen LogP contribution < -0.4 is 0 Å². The lowest BCUT2D eigenvalue weighted by Gasteiger charge is -2.54. The molecule has 34 heavy (non-hydrogen) atoms. The first kappa shape index (κ1) is 28.5. The Bertz CT molecular complexity index is 866. The van der Waals surface area contributed by atoms with Gasteiger partial charge in [0.2, 0.25) is 5.91 Å². The molecule has 0 spiro atoms. The van der Waals surface area contributed by atoms with Crippen LogP contribution in [0.15, 0.2) is 29.4 Å². The summed E-state index contributed by atoms with van der Waals surface area (Å²) in [7, 11) is -1.30. The third kappa shape index (κ3) is 7.65. The van der Waals surface area contributed by atoms with Crippen molar-refractivity contribution >= 4 is 37.8 Å². The Hall–Kier alpha value is -1.71. The van der Waals surface area contributed by atoms with Crippen molar-refractivity contribution in [2.24, 2.45) is 23.2 Å². The quantitative estimate of drug-likeness (QED) is 0.214. The number of thioether (sulfide) groups is 1. The molecule has 0 saturated carbocycles. The van der Waals surface area contributed by atoms with E-state index in [1.54, 1.807) is 39.1 Å². The van der Waals surface area contributed by atoms with E-state index in [1.165, 1.54) is 4.90 Å². The number of carbonyl (C=O) groups is 3. The van der Waals surface area contributed by atoms with Gasteiger partial charge in [-0.25, -0.2) is 4.98 Å². The molecule has 0 radical (unpaired) electrons. The van der Waals surface area contributed by atoms with Gasteiger partial charge in [0.25, 0.3) is 0 Å². The van der Waals surface area contributed by atoms with Gasteiger partial charge < -0.3 is 14.1 Å². The lowest BCUT2D eigenvalue weighted by Crippen LogP contribution is -2.69. The molecular weight excluding hydrogens is 468 g/mol. The van der Waals surface area contributed by atoms with Crippen LogP contribution in [0.2, 0.25) is 13.1 Å².